The van der Waals surface area contributed by atoms with Gasteiger partial charge in [-0.2, -0.15) is 0 Å². The van der Waals surface area contributed by atoms with Crippen LogP contribution >= 0.6 is 12.2 Å². The van der Waals surface area contributed by atoms with E-state index in [-0.39, 0.29) is 17.8 Å². The number of aromatic nitrogens is 1. The molecule has 0 radical (unpaired) electrons. The Morgan fingerprint density at radius 2 is 1.97 bits per heavy atom. The van der Waals surface area contributed by atoms with Gasteiger partial charge in [0.25, 0.3) is 5.56 Å². The first-order valence-corrected chi connectivity index (χ1v) is 10.9. The molecule has 0 aliphatic carbocycles. The van der Waals surface area contributed by atoms with Crippen molar-refractivity contribution >= 4 is 28.2 Å². The lowest BCUT2D eigenvalue weighted by Gasteiger charge is -2.28. The second-order valence-electron chi connectivity index (χ2n) is 8.05. The zero-order valence-corrected chi connectivity index (χ0v) is 17.7. The average Bonchev–Trinajstić information content (AvgIpc) is 3.40. The molecular weight excluding hydrogens is 386 g/mol. The fourth-order valence-corrected chi connectivity index (χ4v) is 4.29. The third kappa shape index (κ3) is 5.15. The molecule has 29 heavy (non-hydrogen) atoms. The maximum atomic E-state index is 12.7. The molecule has 2 saturated heterocycles. The van der Waals surface area contributed by atoms with E-state index < -0.39 is 0 Å². The lowest BCUT2D eigenvalue weighted by atomic mass is 10.1. The summed E-state index contributed by atoms with van der Waals surface area (Å²) in [5, 5.41) is 5.04. The highest BCUT2D eigenvalue weighted by molar-refractivity contribution is 7.80. The van der Waals surface area contributed by atoms with Crippen molar-refractivity contribution in [3.63, 3.8) is 0 Å². The maximum absolute atomic E-state index is 12.7. The van der Waals surface area contributed by atoms with Crippen LogP contribution in [0.2, 0.25) is 0 Å². The number of nitrogens with zero attached hydrogens (tertiary/aromatic N) is 1. The van der Waals surface area contributed by atoms with Crippen molar-refractivity contribution in [2.45, 2.75) is 51.4 Å². The molecular formula is C22H29N3O3S. The van der Waals surface area contributed by atoms with E-state index in [0.29, 0.717) is 30.3 Å². The molecule has 3 heterocycles. The van der Waals surface area contributed by atoms with Crippen molar-refractivity contribution in [3.05, 3.63) is 45.7 Å². The number of benzene rings is 1. The summed E-state index contributed by atoms with van der Waals surface area (Å²) in [6, 6.07) is 8.03. The molecule has 2 aliphatic heterocycles. The number of hydrogen-bond donors (Lipinski definition) is 2. The van der Waals surface area contributed by atoms with E-state index in [4.69, 9.17) is 21.7 Å². The summed E-state index contributed by atoms with van der Waals surface area (Å²) in [5.41, 5.74) is 2.66. The topological polar surface area (TPSA) is 66.6 Å². The van der Waals surface area contributed by atoms with E-state index in [1.54, 1.807) is 0 Å². The third-order valence-corrected chi connectivity index (χ3v) is 6.08. The molecule has 0 bridgehead atoms. The summed E-state index contributed by atoms with van der Waals surface area (Å²) >= 11 is 5.70. The minimum absolute atomic E-state index is 0.0689. The molecule has 7 heteroatoms. The van der Waals surface area contributed by atoms with Crippen LogP contribution in [-0.4, -0.2) is 53.5 Å². The molecule has 0 amide bonds. The van der Waals surface area contributed by atoms with Gasteiger partial charge in [0.15, 0.2) is 5.11 Å². The van der Waals surface area contributed by atoms with Gasteiger partial charge in [0.1, 0.15) is 0 Å². The van der Waals surface area contributed by atoms with Crippen LogP contribution in [0.25, 0.3) is 10.9 Å². The normalized spacial score (nSPS) is 21.6. The number of hydrogen-bond acceptors (Lipinski definition) is 4. The van der Waals surface area contributed by atoms with Crippen molar-refractivity contribution in [1.82, 2.24) is 15.2 Å². The van der Waals surface area contributed by atoms with Gasteiger partial charge in [-0.1, -0.05) is 11.6 Å². The molecule has 0 saturated carbocycles. The Bertz CT molecular complexity index is 917. The Morgan fingerprint density at radius 1 is 1.21 bits per heavy atom. The van der Waals surface area contributed by atoms with Gasteiger partial charge in [-0.05, 0) is 68.4 Å². The molecule has 0 spiro atoms. The first-order chi connectivity index (χ1) is 14.1. The molecule has 2 N–H and O–H groups in total. The summed E-state index contributed by atoms with van der Waals surface area (Å²) in [5.74, 6) is 0. The molecule has 2 atom stereocenters. The number of ether oxygens (including phenoxy) is 2. The van der Waals surface area contributed by atoms with E-state index >= 15 is 0 Å². The van der Waals surface area contributed by atoms with E-state index in [9.17, 15) is 4.79 Å². The van der Waals surface area contributed by atoms with Gasteiger partial charge in [0.05, 0.1) is 18.8 Å². The molecule has 156 valence electrons. The standard InChI is InChI=1S/C22H29N3O3S/c1-15-6-7-20-16(10-15)11-17(21(26)24-20)13-25(14-19-5-3-9-28-19)22(29)23-12-18-4-2-8-27-18/h6-7,10-11,18-19H,2-5,8-9,12-14H2,1H3,(H,23,29)(H,24,26). The number of aromatic amines is 1. The van der Waals surface area contributed by atoms with Crippen molar-refractivity contribution in [2.75, 3.05) is 26.3 Å². The number of rotatable bonds is 6. The molecule has 2 aromatic rings. The highest BCUT2D eigenvalue weighted by Crippen LogP contribution is 2.17. The first-order valence-electron chi connectivity index (χ1n) is 10.5. The van der Waals surface area contributed by atoms with Crippen LogP contribution in [0, 0.1) is 6.92 Å². The minimum atomic E-state index is -0.0689. The largest absolute Gasteiger partial charge is 0.376 e. The molecule has 6 nitrogen and oxygen atoms in total. The number of pyridine rings is 1. The smallest absolute Gasteiger partial charge is 0.253 e. The second-order valence-corrected chi connectivity index (χ2v) is 8.44. The molecule has 1 aromatic heterocycles. The number of aryl methyl sites for hydroxylation is 1. The lowest BCUT2D eigenvalue weighted by molar-refractivity contribution is 0.0885. The van der Waals surface area contributed by atoms with Gasteiger partial charge >= 0.3 is 0 Å². The van der Waals surface area contributed by atoms with Crippen molar-refractivity contribution < 1.29 is 9.47 Å². The highest BCUT2D eigenvalue weighted by Gasteiger charge is 2.23. The highest BCUT2D eigenvalue weighted by atomic mass is 32.1. The fraction of sp³-hybridized carbons (Fsp3) is 0.545. The van der Waals surface area contributed by atoms with Crippen LogP contribution in [0.5, 0.6) is 0 Å². The molecule has 4 rings (SSSR count). The number of nitrogens with one attached hydrogen (secondary N) is 2. The summed E-state index contributed by atoms with van der Waals surface area (Å²) in [7, 11) is 0. The van der Waals surface area contributed by atoms with Crippen LogP contribution in [0.3, 0.4) is 0 Å². The summed E-state index contributed by atoms with van der Waals surface area (Å²) in [4.78, 5) is 17.7. The number of H-pyrrole nitrogens is 1. The maximum Gasteiger partial charge on any atom is 0.253 e. The van der Waals surface area contributed by atoms with Crippen LogP contribution in [-0.2, 0) is 16.0 Å². The van der Waals surface area contributed by atoms with Crippen LogP contribution in [0.1, 0.15) is 36.8 Å². The van der Waals surface area contributed by atoms with Crippen LogP contribution in [0.4, 0.5) is 0 Å². The van der Waals surface area contributed by atoms with Crippen LogP contribution < -0.4 is 10.9 Å². The van der Waals surface area contributed by atoms with E-state index in [2.05, 4.69) is 28.2 Å². The Labute approximate surface area is 176 Å². The van der Waals surface area contributed by atoms with Gasteiger partial charge in [-0.15, -0.1) is 0 Å². The van der Waals surface area contributed by atoms with Gasteiger partial charge < -0.3 is 24.7 Å². The average molecular weight is 416 g/mol. The Hall–Kier alpha value is -1.96. The Morgan fingerprint density at radius 3 is 2.69 bits per heavy atom. The molecule has 2 unspecified atom stereocenters. The van der Waals surface area contributed by atoms with Crippen molar-refractivity contribution in [2.24, 2.45) is 0 Å². The predicted octanol–water partition coefficient (Wildman–Crippen LogP) is 2.87. The summed E-state index contributed by atoms with van der Waals surface area (Å²) in [6.45, 7) is 5.51. The monoisotopic (exact) mass is 415 g/mol. The van der Waals surface area contributed by atoms with Crippen LogP contribution in [0.15, 0.2) is 29.1 Å². The summed E-state index contributed by atoms with van der Waals surface area (Å²) < 4.78 is 11.5. The van der Waals surface area contributed by atoms with Gasteiger partial charge in [-0.25, -0.2) is 0 Å². The lowest BCUT2D eigenvalue weighted by Crippen LogP contribution is -2.45. The van der Waals surface area contributed by atoms with Crippen molar-refractivity contribution in [1.29, 1.82) is 0 Å². The quantitative estimate of drug-likeness (QED) is 0.708. The zero-order valence-electron chi connectivity index (χ0n) is 16.9. The zero-order chi connectivity index (χ0) is 20.2. The van der Waals surface area contributed by atoms with Gasteiger partial charge in [-0.3, -0.25) is 4.79 Å². The fourth-order valence-electron chi connectivity index (χ4n) is 4.07. The summed E-state index contributed by atoms with van der Waals surface area (Å²) in [6.07, 6.45) is 4.63. The molecule has 1 aromatic carbocycles. The minimum Gasteiger partial charge on any atom is -0.376 e. The Kier molecular flexibility index (Phi) is 6.47. The van der Waals surface area contributed by atoms with Gasteiger partial charge in [0, 0.05) is 37.4 Å². The van der Waals surface area contributed by atoms with Gasteiger partial charge in [0.2, 0.25) is 0 Å². The molecule has 2 fully saturated rings. The second kappa shape index (κ2) is 9.24. The number of fused-ring (bicyclic) bond motifs is 1. The first kappa shape index (κ1) is 20.3. The Balaban J connectivity index is 1.51. The van der Waals surface area contributed by atoms with E-state index in [0.717, 1.165) is 49.8 Å². The SMILES string of the molecule is Cc1ccc2[nH]c(=O)c(CN(CC3CCCO3)C(=S)NCC3CCCO3)cc2c1. The van der Waals surface area contributed by atoms with E-state index in [1.807, 2.05) is 18.2 Å². The van der Waals surface area contributed by atoms with E-state index in [1.165, 1.54) is 5.56 Å². The predicted molar refractivity (Wildman–Crippen MR) is 118 cm³/mol. The third-order valence-electron chi connectivity index (χ3n) is 5.68. The number of thiocarbonyl (C=S) groups is 1. The van der Waals surface area contributed by atoms with Crippen molar-refractivity contribution in [3.8, 4) is 0 Å². The molecule has 2 aliphatic rings.